The first-order valence-electron chi connectivity index (χ1n) is 5.61. The minimum Gasteiger partial charge on any atom is -0.296 e. The normalized spacial score (nSPS) is 10.4. The molecule has 0 aliphatic rings. The molecule has 0 aliphatic carbocycles. The van der Waals surface area contributed by atoms with Crippen LogP contribution in [0.25, 0.3) is 5.69 Å². The molecular formula is C12H8BrN5OS. The van der Waals surface area contributed by atoms with Crippen LogP contribution in [0.3, 0.4) is 0 Å². The summed E-state index contributed by atoms with van der Waals surface area (Å²) in [6.07, 6.45) is 3.20. The van der Waals surface area contributed by atoms with Crippen molar-refractivity contribution in [2.75, 3.05) is 5.32 Å². The Kier molecular flexibility index (Phi) is 3.57. The third-order valence-corrected chi connectivity index (χ3v) is 3.69. The number of halogens is 1. The van der Waals surface area contributed by atoms with Crippen LogP contribution in [-0.4, -0.2) is 25.9 Å². The van der Waals surface area contributed by atoms with E-state index in [1.54, 1.807) is 22.5 Å². The van der Waals surface area contributed by atoms with Gasteiger partial charge in [-0.25, -0.2) is 9.67 Å². The number of hydrogen-bond acceptors (Lipinski definition) is 5. The maximum absolute atomic E-state index is 11.9. The highest BCUT2D eigenvalue weighted by Gasteiger charge is 2.12. The number of nitrogens with zero attached hydrogens (tertiary/aromatic N) is 4. The van der Waals surface area contributed by atoms with Gasteiger partial charge in [-0.05, 0) is 24.3 Å². The predicted molar refractivity (Wildman–Crippen MR) is 79.1 cm³/mol. The second-order valence-electron chi connectivity index (χ2n) is 3.82. The molecule has 3 rings (SSSR count). The highest BCUT2D eigenvalue weighted by atomic mass is 79.9. The van der Waals surface area contributed by atoms with Crippen LogP contribution in [0, 0.1) is 0 Å². The van der Waals surface area contributed by atoms with Crippen LogP contribution in [0.2, 0.25) is 0 Å². The van der Waals surface area contributed by atoms with Gasteiger partial charge in [-0.15, -0.1) is 16.4 Å². The first-order valence-corrected chi connectivity index (χ1v) is 7.29. The van der Waals surface area contributed by atoms with Crippen LogP contribution in [0.5, 0.6) is 0 Å². The molecule has 100 valence electrons. The molecule has 0 unspecified atom stereocenters. The molecule has 0 saturated heterocycles. The average molecular weight is 350 g/mol. The summed E-state index contributed by atoms with van der Waals surface area (Å²) in [6, 6.07) is 7.54. The van der Waals surface area contributed by atoms with E-state index in [9.17, 15) is 4.79 Å². The average Bonchev–Trinajstić information content (AvgIpc) is 3.10. The monoisotopic (exact) mass is 349 g/mol. The Labute approximate surface area is 126 Å². The smallest absolute Gasteiger partial charge is 0.279 e. The van der Waals surface area contributed by atoms with Gasteiger partial charge in [0.05, 0.1) is 11.9 Å². The maximum atomic E-state index is 11.9. The number of nitrogens with one attached hydrogen (secondary N) is 1. The van der Waals surface area contributed by atoms with Crippen LogP contribution in [-0.2, 0) is 0 Å². The quantitative estimate of drug-likeness (QED) is 0.788. The van der Waals surface area contributed by atoms with E-state index >= 15 is 0 Å². The topological polar surface area (TPSA) is 72.7 Å². The number of rotatable bonds is 3. The fourth-order valence-corrected chi connectivity index (χ4v) is 2.32. The van der Waals surface area contributed by atoms with Crippen molar-refractivity contribution >= 4 is 38.3 Å². The Balaban J connectivity index is 1.79. The molecule has 8 heteroatoms. The lowest BCUT2D eigenvalue weighted by Gasteiger charge is -1.99. The summed E-state index contributed by atoms with van der Waals surface area (Å²) in [5.41, 5.74) is 1.07. The molecule has 2 heterocycles. The van der Waals surface area contributed by atoms with Gasteiger partial charge in [-0.1, -0.05) is 21.1 Å². The van der Waals surface area contributed by atoms with Gasteiger partial charge in [0.2, 0.25) is 0 Å². The van der Waals surface area contributed by atoms with Crippen LogP contribution >= 0.6 is 27.3 Å². The van der Waals surface area contributed by atoms with Gasteiger partial charge in [0.15, 0.2) is 10.8 Å². The third-order valence-electron chi connectivity index (χ3n) is 2.47. The second-order valence-corrected chi connectivity index (χ2v) is 5.63. The Hall–Kier alpha value is -2.06. The zero-order valence-electron chi connectivity index (χ0n) is 10.0. The van der Waals surface area contributed by atoms with E-state index in [-0.39, 0.29) is 11.6 Å². The van der Waals surface area contributed by atoms with Crippen LogP contribution in [0.15, 0.2) is 46.5 Å². The molecule has 0 spiro atoms. The molecule has 0 saturated carbocycles. The van der Waals surface area contributed by atoms with Gasteiger partial charge >= 0.3 is 0 Å². The van der Waals surface area contributed by atoms with Crippen molar-refractivity contribution in [2.24, 2.45) is 0 Å². The second kappa shape index (κ2) is 5.51. The number of hydrogen-bond donors (Lipinski definition) is 1. The van der Waals surface area contributed by atoms with Crippen molar-refractivity contribution in [2.45, 2.75) is 0 Å². The zero-order chi connectivity index (χ0) is 13.9. The lowest BCUT2D eigenvalue weighted by atomic mass is 10.3. The van der Waals surface area contributed by atoms with Gasteiger partial charge in [0, 0.05) is 16.0 Å². The standard InChI is InChI=1S/C12H8BrN5OS/c13-8-1-3-9(4-2-8)18-7-10(16-17-18)11(19)15-12-14-5-6-20-12/h1-7H,(H,14,15,19). The summed E-state index contributed by atoms with van der Waals surface area (Å²) in [5.74, 6) is -0.330. The van der Waals surface area contributed by atoms with Crippen molar-refractivity contribution < 1.29 is 4.79 Å². The van der Waals surface area contributed by atoms with E-state index in [0.29, 0.717) is 5.13 Å². The van der Waals surface area contributed by atoms with Crippen LogP contribution < -0.4 is 5.32 Å². The first-order chi connectivity index (χ1) is 9.72. The molecule has 0 aliphatic heterocycles. The SMILES string of the molecule is O=C(Nc1nccs1)c1cn(-c2ccc(Br)cc2)nn1. The van der Waals surface area contributed by atoms with Gasteiger partial charge in [0.1, 0.15) is 0 Å². The first kappa shape index (κ1) is 12.9. The third kappa shape index (κ3) is 2.75. The molecule has 20 heavy (non-hydrogen) atoms. The lowest BCUT2D eigenvalue weighted by Crippen LogP contribution is -2.12. The zero-order valence-corrected chi connectivity index (χ0v) is 12.4. The number of amides is 1. The summed E-state index contributed by atoms with van der Waals surface area (Å²) in [7, 11) is 0. The summed E-state index contributed by atoms with van der Waals surface area (Å²) in [5, 5.41) is 12.8. The molecule has 0 atom stereocenters. The van der Waals surface area contributed by atoms with Crippen molar-refractivity contribution in [1.82, 2.24) is 20.0 Å². The summed E-state index contributed by atoms with van der Waals surface area (Å²) in [4.78, 5) is 15.9. The van der Waals surface area contributed by atoms with E-state index in [4.69, 9.17) is 0 Å². The maximum Gasteiger partial charge on any atom is 0.279 e. The number of carbonyl (C=O) groups excluding carboxylic acids is 1. The van der Waals surface area contributed by atoms with Crippen molar-refractivity contribution in [3.05, 3.63) is 52.2 Å². The van der Waals surface area contributed by atoms with Crippen molar-refractivity contribution in [3.63, 3.8) is 0 Å². The Morgan fingerprint density at radius 1 is 1.30 bits per heavy atom. The highest BCUT2D eigenvalue weighted by Crippen LogP contribution is 2.14. The minimum absolute atomic E-state index is 0.239. The summed E-state index contributed by atoms with van der Waals surface area (Å²) >= 11 is 4.71. The fourth-order valence-electron chi connectivity index (χ4n) is 1.53. The molecule has 2 aromatic heterocycles. The van der Waals surface area contributed by atoms with Crippen LogP contribution in [0.4, 0.5) is 5.13 Å². The molecule has 1 aromatic carbocycles. The summed E-state index contributed by atoms with van der Waals surface area (Å²) in [6.45, 7) is 0. The largest absolute Gasteiger partial charge is 0.296 e. The molecule has 3 aromatic rings. The van der Waals surface area contributed by atoms with E-state index in [1.807, 2.05) is 24.3 Å². The fraction of sp³-hybridized carbons (Fsp3) is 0. The van der Waals surface area contributed by atoms with E-state index in [1.165, 1.54) is 11.3 Å². The molecule has 0 radical (unpaired) electrons. The predicted octanol–water partition coefficient (Wildman–Crippen LogP) is 2.74. The number of benzene rings is 1. The van der Waals surface area contributed by atoms with Gasteiger partial charge in [-0.2, -0.15) is 0 Å². The molecular weight excluding hydrogens is 342 g/mol. The number of thiazole rings is 1. The van der Waals surface area contributed by atoms with Crippen molar-refractivity contribution in [3.8, 4) is 5.69 Å². The Morgan fingerprint density at radius 3 is 2.80 bits per heavy atom. The van der Waals surface area contributed by atoms with Gasteiger partial charge in [0.25, 0.3) is 5.91 Å². The molecule has 1 amide bonds. The van der Waals surface area contributed by atoms with E-state index in [0.717, 1.165) is 10.2 Å². The number of aromatic nitrogens is 4. The Morgan fingerprint density at radius 2 is 2.10 bits per heavy atom. The lowest BCUT2D eigenvalue weighted by molar-refractivity contribution is 0.102. The molecule has 0 bridgehead atoms. The minimum atomic E-state index is -0.330. The molecule has 1 N–H and O–H groups in total. The van der Waals surface area contributed by atoms with Gasteiger partial charge < -0.3 is 0 Å². The van der Waals surface area contributed by atoms with Crippen molar-refractivity contribution in [1.29, 1.82) is 0 Å². The molecule has 6 nitrogen and oxygen atoms in total. The Bertz CT molecular complexity index is 723. The highest BCUT2D eigenvalue weighted by molar-refractivity contribution is 9.10. The summed E-state index contributed by atoms with van der Waals surface area (Å²) < 4.78 is 2.52. The van der Waals surface area contributed by atoms with E-state index in [2.05, 4.69) is 36.5 Å². The van der Waals surface area contributed by atoms with Gasteiger partial charge in [-0.3, -0.25) is 10.1 Å². The van der Waals surface area contributed by atoms with E-state index < -0.39 is 0 Å². The number of carbonyl (C=O) groups is 1. The van der Waals surface area contributed by atoms with Crippen LogP contribution in [0.1, 0.15) is 10.5 Å². The number of anilines is 1. The molecule has 0 fully saturated rings.